The Balaban J connectivity index is 2.25. The van der Waals surface area contributed by atoms with Crippen molar-refractivity contribution in [1.82, 2.24) is 5.32 Å². The number of benzene rings is 1. The molecule has 5 nitrogen and oxygen atoms in total. The van der Waals surface area contributed by atoms with Crippen molar-refractivity contribution in [3.05, 3.63) is 28.7 Å². The molecule has 1 aromatic rings. The zero-order chi connectivity index (χ0) is 15.9. The van der Waals surface area contributed by atoms with Gasteiger partial charge in [0.15, 0.2) is 0 Å². The maximum Gasteiger partial charge on any atom is 0.220 e. The number of carbonyl (C=O) groups is 1. The Morgan fingerprint density at radius 1 is 1.29 bits per heavy atom. The molecule has 0 aliphatic heterocycles. The van der Waals surface area contributed by atoms with Gasteiger partial charge < -0.3 is 5.32 Å². The maximum absolute atomic E-state index is 12.0. The van der Waals surface area contributed by atoms with Crippen molar-refractivity contribution in [1.29, 1.82) is 0 Å². The lowest BCUT2D eigenvalue weighted by molar-refractivity contribution is -0.120. The summed E-state index contributed by atoms with van der Waals surface area (Å²) >= 11 is 3.31. The molecule has 0 heterocycles. The Bertz CT molecular complexity index is 599. The van der Waals surface area contributed by atoms with E-state index in [2.05, 4.69) is 21.2 Å². The van der Waals surface area contributed by atoms with Gasteiger partial charge in [0, 0.05) is 34.3 Å². The van der Waals surface area contributed by atoms with E-state index >= 15 is 0 Å². The molecule has 0 aliphatic rings. The average Bonchev–Trinajstić information content (AvgIpc) is 2.37. The number of halogens is 1. The SMILES string of the molecule is CS(=O)(=O)CCNC(=O)CCCS(=O)c1ccc(Br)cc1. The quantitative estimate of drug-likeness (QED) is 0.722. The number of amides is 1. The molecule has 1 amide bonds. The second-order valence-corrected chi connectivity index (χ2v) is 9.33. The molecule has 0 spiro atoms. The van der Waals surface area contributed by atoms with Crippen molar-refractivity contribution >= 4 is 42.5 Å². The van der Waals surface area contributed by atoms with Gasteiger partial charge in [-0.3, -0.25) is 9.00 Å². The van der Waals surface area contributed by atoms with E-state index in [0.29, 0.717) is 12.2 Å². The van der Waals surface area contributed by atoms with E-state index in [0.717, 1.165) is 15.6 Å². The van der Waals surface area contributed by atoms with Crippen molar-refractivity contribution in [3.63, 3.8) is 0 Å². The summed E-state index contributed by atoms with van der Waals surface area (Å²) in [4.78, 5) is 12.2. The molecule has 0 fully saturated rings. The highest BCUT2D eigenvalue weighted by atomic mass is 79.9. The minimum absolute atomic E-state index is 0.0659. The van der Waals surface area contributed by atoms with Crippen molar-refractivity contribution in [3.8, 4) is 0 Å². The molecule has 1 rings (SSSR count). The summed E-state index contributed by atoms with van der Waals surface area (Å²) < 4.78 is 34.7. The molecular formula is C13H18BrNO4S2. The average molecular weight is 396 g/mol. The lowest BCUT2D eigenvalue weighted by atomic mass is 10.3. The molecule has 1 atom stereocenters. The summed E-state index contributed by atoms with van der Waals surface area (Å²) in [5, 5.41) is 2.54. The number of sulfone groups is 1. The van der Waals surface area contributed by atoms with Gasteiger partial charge in [-0.1, -0.05) is 15.9 Å². The standard InChI is InChI=1S/C13H18BrNO4S2/c1-21(18,19)10-8-15-13(16)3-2-9-20(17)12-6-4-11(14)5-7-12/h4-7H,2-3,8-10H2,1H3,(H,15,16). The maximum atomic E-state index is 12.0. The first-order valence-corrected chi connectivity index (χ1v) is 10.5. The van der Waals surface area contributed by atoms with Crippen molar-refractivity contribution in [2.75, 3.05) is 24.3 Å². The summed E-state index contributed by atoms with van der Waals surface area (Å²) in [7, 11) is -4.19. The van der Waals surface area contributed by atoms with Crippen LogP contribution >= 0.6 is 15.9 Å². The highest BCUT2D eigenvalue weighted by Gasteiger charge is 2.07. The van der Waals surface area contributed by atoms with E-state index in [1.54, 1.807) is 12.1 Å². The second kappa shape index (κ2) is 8.65. The summed E-state index contributed by atoms with van der Waals surface area (Å²) in [5.74, 6) is 0.122. The summed E-state index contributed by atoms with van der Waals surface area (Å²) in [6.07, 6.45) is 1.86. The molecule has 118 valence electrons. The minimum atomic E-state index is -3.06. The van der Waals surface area contributed by atoms with Crippen molar-refractivity contribution < 1.29 is 17.4 Å². The van der Waals surface area contributed by atoms with E-state index in [9.17, 15) is 17.4 Å². The molecule has 8 heteroatoms. The van der Waals surface area contributed by atoms with Crippen LogP contribution in [0.2, 0.25) is 0 Å². The zero-order valence-electron chi connectivity index (χ0n) is 11.7. The van der Waals surface area contributed by atoms with Gasteiger partial charge in [-0.05, 0) is 30.7 Å². The van der Waals surface area contributed by atoms with Gasteiger partial charge in [0.05, 0.1) is 16.6 Å². The molecule has 0 saturated carbocycles. The largest absolute Gasteiger partial charge is 0.355 e. The molecule has 1 aromatic carbocycles. The van der Waals surface area contributed by atoms with Gasteiger partial charge in [-0.2, -0.15) is 0 Å². The monoisotopic (exact) mass is 395 g/mol. The van der Waals surface area contributed by atoms with Crippen LogP contribution in [-0.2, 0) is 25.4 Å². The zero-order valence-corrected chi connectivity index (χ0v) is 14.9. The molecule has 1 unspecified atom stereocenters. The van der Waals surface area contributed by atoms with E-state index in [1.807, 2.05) is 12.1 Å². The fourth-order valence-electron chi connectivity index (χ4n) is 1.53. The molecule has 0 radical (unpaired) electrons. The lowest BCUT2D eigenvalue weighted by Crippen LogP contribution is -2.28. The Morgan fingerprint density at radius 2 is 1.90 bits per heavy atom. The number of nitrogens with one attached hydrogen (secondary N) is 1. The van der Waals surface area contributed by atoms with E-state index in [1.165, 1.54) is 0 Å². The fraction of sp³-hybridized carbons (Fsp3) is 0.462. The van der Waals surface area contributed by atoms with Crippen LogP contribution in [0.15, 0.2) is 33.6 Å². The Morgan fingerprint density at radius 3 is 2.48 bits per heavy atom. The van der Waals surface area contributed by atoms with Crippen LogP contribution in [0.4, 0.5) is 0 Å². The molecule has 0 aliphatic carbocycles. The normalized spacial score (nSPS) is 12.9. The van der Waals surface area contributed by atoms with Crippen LogP contribution in [0.25, 0.3) is 0 Å². The first-order chi connectivity index (χ1) is 9.78. The third kappa shape index (κ3) is 8.33. The highest BCUT2D eigenvalue weighted by molar-refractivity contribution is 9.10. The number of hydrogen-bond donors (Lipinski definition) is 1. The van der Waals surface area contributed by atoms with Gasteiger partial charge in [0.2, 0.25) is 5.91 Å². The predicted octanol–water partition coefficient (Wildman–Crippen LogP) is 1.50. The van der Waals surface area contributed by atoms with Crippen LogP contribution in [-0.4, -0.2) is 42.8 Å². The van der Waals surface area contributed by atoms with Crippen LogP contribution in [0.3, 0.4) is 0 Å². The Kier molecular flexibility index (Phi) is 7.55. The first-order valence-electron chi connectivity index (χ1n) is 6.36. The highest BCUT2D eigenvalue weighted by Crippen LogP contribution is 2.14. The Hall–Kier alpha value is -0.730. The second-order valence-electron chi connectivity index (χ2n) is 4.59. The van der Waals surface area contributed by atoms with Gasteiger partial charge in [-0.15, -0.1) is 0 Å². The first kappa shape index (κ1) is 18.3. The third-order valence-corrected chi connectivity index (χ3v) is 5.54. The number of rotatable bonds is 8. The molecule has 0 saturated heterocycles. The van der Waals surface area contributed by atoms with Gasteiger partial charge >= 0.3 is 0 Å². The van der Waals surface area contributed by atoms with E-state index < -0.39 is 20.6 Å². The van der Waals surface area contributed by atoms with Crippen LogP contribution in [0.5, 0.6) is 0 Å². The minimum Gasteiger partial charge on any atom is -0.355 e. The lowest BCUT2D eigenvalue weighted by Gasteiger charge is -2.05. The van der Waals surface area contributed by atoms with Gasteiger partial charge in [-0.25, -0.2) is 8.42 Å². The van der Waals surface area contributed by atoms with Crippen LogP contribution < -0.4 is 5.32 Å². The fourth-order valence-corrected chi connectivity index (χ4v) is 3.35. The topological polar surface area (TPSA) is 80.3 Å². The summed E-state index contributed by atoms with van der Waals surface area (Å²) in [5.41, 5.74) is 0. The van der Waals surface area contributed by atoms with Crippen molar-refractivity contribution in [2.24, 2.45) is 0 Å². The van der Waals surface area contributed by atoms with Gasteiger partial charge in [0.1, 0.15) is 9.84 Å². The summed E-state index contributed by atoms with van der Waals surface area (Å²) in [6, 6.07) is 7.22. The molecule has 21 heavy (non-hydrogen) atoms. The molecule has 0 bridgehead atoms. The van der Waals surface area contributed by atoms with Crippen molar-refractivity contribution in [2.45, 2.75) is 17.7 Å². The van der Waals surface area contributed by atoms with Crippen LogP contribution in [0.1, 0.15) is 12.8 Å². The number of hydrogen-bond acceptors (Lipinski definition) is 4. The van der Waals surface area contributed by atoms with Gasteiger partial charge in [0.25, 0.3) is 0 Å². The smallest absolute Gasteiger partial charge is 0.220 e. The third-order valence-electron chi connectivity index (χ3n) is 2.61. The number of carbonyl (C=O) groups excluding carboxylic acids is 1. The van der Waals surface area contributed by atoms with Crippen LogP contribution in [0, 0.1) is 0 Å². The van der Waals surface area contributed by atoms with E-state index in [4.69, 9.17) is 0 Å². The molecular weight excluding hydrogens is 378 g/mol. The summed E-state index contributed by atoms with van der Waals surface area (Å²) in [6.45, 7) is 0.119. The Labute approximate surface area is 136 Å². The van der Waals surface area contributed by atoms with E-state index in [-0.39, 0.29) is 24.6 Å². The molecule has 1 N–H and O–H groups in total. The molecule has 0 aromatic heterocycles. The predicted molar refractivity (Wildman–Crippen MR) is 87.4 cm³/mol.